The molecule has 0 aliphatic carbocycles. The van der Waals surface area contributed by atoms with E-state index < -0.39 is 15.9 Å². The first-order valence-electron chi connectivity index (χ1n) is 7.03. The fourth-order valence-corrected chi connectivity index (χ4v) is 4.66. The van der Waals surface area contributed by atoms with Crippen molar-refractivity contribution in [3.05, 3.63) is 58.6 Å². The van der Waals surface area contributed by atoms with Gasteiger partial charge in [-0.1, -0.05) is 11.6 Å². The van der Waals surface area contributed by atoms with E-state index in [-0.39, 0.29) is 10.9 Å². The number of amides is 1. The largest absolute Gasteiger partial charge is 0.366 e. The Morgan fingerprint density at radius 3 is 2.48 bits per heavy atom. The van der Waals surface area contributed by atoms with Crippen molar-refractivity contribution in [1.82, 2.24) is 0 Å². The molecule has 1 atom stereocenters. The van der Waals surface area contributed by atoms with Gasteiger partial charge < -0.3 is 5.73 Å². The van der Waals surface area contributed by atoms with Crippen LogP contribution in [0.15, 0.2) is 47.4 Å². The predicted octanol–water partition coefficient (Wildman–Crippen LogP) is 2.58. The van der Waals surface area contributed by atoms with Crippen LogP contribution in [-0.4, -0.2) is 20.4 Å². The van der Waals surface area contributed by atoms with Crippen molar-refractivity contribution in [2.45, 2.75) is 24.3 Å². The van der Waals surface area contributed by atoms with Crippen LogP contribution in [0, 0.1) is 0 Å². The number of benzene rings is 2. The third-order valence-corrected chi connectivity index (χ3v) is 6.08. The fraction of sp³-hybridized carbons (Fsp3) is 0.188. The van der Waals surface area contributed by atoms with Crippen molar-refractivity contribution in [1.29, 1.82) is 0 Å². The van der Waals surface area contributed by atoms with Gasteiger partial charge in [0, 0.05) is 16.6 Å². The normalized spacial score (nSPS) is 17.1. The van der Waals surface area contributed by atoms with Gasteiger partial charge in [-0.15, -0.1) is 0 Å². The smallest absolute Gasteiger partial charge is 0.264 e. The van der Waals surface area contributed by atoms with Crippen molar-refractivity contribution >= 4 is 33.2 Å². The zero-order valence-corrected chi connectivity index (χ0v) is 13.9. The summed E-state index contributed by atoms with van der Waals surface area (Å²) in [5.41, 5.74) is 7.04. The third-order valence-electron chi connectivity index (χ3n) is 3.89. The maximum atomic E-state index is 12.9. The second-order valence-electron chi connectivity index (χ2n) is 5.52. The zero-order chi connectivity index (χ0) is 16.8. The molecule has 120 valence electrons. The lowest BCUT2D eigenvalue weighted by atomic mass is 10.1. The van der Waals surface area contributed by atoms with Crippen LogP contribution in [0.25, 0.3) is 0 Å². The highest BCUT2D eigenvalue weighted by atomic mass is 35.5. The number of rotatable bonds is 3. The van der Waals surface area contributed by atoms with Gasteiger partial charge >= 0.3 is 0 Å². The Hall–Kier alpha value is -2.05. The first-order chi connectivity index (χ1) is 10.8. The van der Waals surface area contributed by atoms with Crippen molar-refractivity contribution in [3.8, 4) is 0 Å². The molecule has 2 N–H and O–H groups in total. The number of fused-ring (bicyclic) bond motifs is 1. The molecule has 0 aromatic heterocycles. The molecule has 0 radical (unpaired) electrons. The zero-order valence-electron chi connectivity index (χ0n) is 12.4. The highest BCUT2D eigenvalue weighted by molar-refractivity contribution is 7.92. The molecule has 1 aliphatic rings. The second kappa shape index (κ2) is 5.54. The molecule has 23 heavy (non-hydrogen) atoms. The molecular formula is C16H15ClN2O3S. The molecule has 0 saturated carbocycles. The Morgan fingerprint density at radius 1 is 1.22 bits per heavy atom. The summed E-state index contributed by atoms with van der Waals surface area (Å²) in [6.45, 7) is 1.83. The van der Waals surface area contributed by atoms with E-state index in [1.807, 2.05) is 6.92 Å². The van der Waals surface area contributed by atoms with Crippen LogP contribution in [0.4, 0.5) is 5.69 Å². The van der Waals surface area contributed by atoms with Crippen molar-refractivity contribution in [2.24, 2.45) is 5.73 Å². The Kier molecular flexibility index (Phi) is 3.82. The number of carbonyl (C=O) groups is 1. The Bertz CT molecular complexity index is 879. The van der Waals surface area contributed by atoms with Crippen LogP contribution in [-0.2, 0) is 16.4 Å². The van der Waals surface area contributed by atoms with E-state index in [0.717, 1.165) is 5.56 Å². The molecule has 0 saturated heterocycles. The van der Waals surface area contributed by atoms with Crippen LogP contribution in [0.1, 0.15) is 22.8 Å². The van der Waals surface area contributed by atoms with E-state index in [9.17, 15) is 13.2 Å². The van der Waals surface area contributed by atoms with Gasteiger partial charge in [0.1, 0.15) is 0 Å². The number of hydrogen-bond acceptors (Lipinski definition) is 3. The lowest BCUT2D eigenvalue weighted by Crippen LogP contribution is -2.35. The van der Waals surface area contributed by atoms with Gasteiger partial charge in [0.25, 0.3) is 10.0 Å². The molecule has 0 unspecified atom stereocenters. The first-order valence-corrected chi connectivity index (χ1v) is 8.85. The van der Waals surface area contributed by atoms with Gasteiger partial charge in [0.05, 0.1) is 10.6 Å². The lowest BCUT2D eigenvalue weighted by Gasteiger charge is -2.24. The van der Waals surface area contributed by atoms with E-state index >= 15 is 0 Å². The van der Waals surface area contributed by atoms with Crippen LogP contribution in [0.2, 0.25) is 5.02 Å². The number of nitrogens with zero attached hydrogens (tertiary/aromatic N) is 1. The molecule has 3 rings (SSSR count). The maximum Gasteiger partial charge on any atom is 0.264 e. The molecular weight excluding hydrogens is 336 g/mol. The van der Waals surface area contributed by atoms with E-state index in [1.54, 1.807) is 30.3 Å². The highest BCUT2D eigenvalue weighted by Crippen LogP contribution is 2.37. The highest BCUT2D eigenvalue weighted by Gasteiger charge is 2.36. The number of carbonyl (C=O) groups excluding carboxylic acids is 1. The summed E-state index contributed by atoms with van der Waals surface area (Å²) in [5, 5.41) is 0.477. The molecule has 7 heteroatoms. The molecule has 1 amide bonds. The van der Waals surface area contributed by atoms with Gasteiger partial charge in [-0.25, -0.2) is 8.42 Å². The van der Waals surface area contributed by atoms with Crippen molar-refractivity contribution in [2.75, 3.05) is 4.31 Å². The number of halogens is 1. The first kappa shape index (κ1) is 15.8. The van der Waals surface area contributed by atoms with E-state index in [1.165, 1.54) is 16.4 Å². The molecule has 1 heterocycles. The van der Waals surface area contributed by atoms with Gasteiger partial charge in [-0.05, 0) is 61.4 Å². The predicted molar refractivity (Wildman–Crippen MR) is 89.2 cm³/mol. The minimum atomic E-state index is -3.69. The molecule has 0 spiro atoms. The summed E-state index contributed by atoms with van der Waals surface area (Å²) in [6, 6.07) is 10.7. The summed E-state index contributed by atoms with van der Waals surface area (Å²) in [7, 11) is -3.69. The Balaban J connectivity index is 2.08. The molecule has 0 fully saturated rings. The maximum absolute atomic E-state index is 12.9. The van der Waals surface area contributed by atoms with Gasteiger partial charge in [-0.3, -0.25) is 9.10 Å². The molecule has 1 aliphatic heterocycles. The van der Waals surface area contributed by atoms with Crippen LogP contribution < -0.4 is 10.0 Å². The summed E-state index contributed by atoms with van der Waals surface area (Å²) in [4.78, 5) is 11.5. The molecule has 0 bridgehead atoms. The fourth-order valence-electron chi connectivity index (χ4n) is 2.84. The van der Waals surface area contributed by atoms with Crippen molar-refractivity contribution < 1.29 is 13.2 Å². The number of primary amides is 1. The topological polar surface area (TPSA) is 80.5 Å². The van der Waals surface area contributed by atoms with Crippen LogP contribution in [0.5, 0.6) is 0 Å². The van der Waals surface area contributed by atoms with Crippen molar-refractivity contribution in [3.63, 3.8) is 0 Å². The van der Waals surface area contributed by atoms with Gasteiger partial charge in [-0.2, -0.15) is 0 Å². The summed E-state index contributed by atoms with van der Waals surface area (Å²) in [5.74, 6) is -0.528. The monoisotopic (exact) mass is 350 g/mol. The lowest BCUT2D eigenvalue weighted by molar-refractivity contribution is 0.1000. The third kappa shape index (κ3) is 2.68. The number of nitrogens with two attached hydrogens (primary N) is 1. The molecule has 5 nitrogen and oxygen atoms in total. The van der Waals surface area contributed by atoms with Gasteiger partial charge in [0.2, 0.25) is 5.91 Å². The van der Waals surface area contributed by atoms with Crippen LogP contribution >= 0.6 is 11.6 Å². The minimum Gasteiger partial charge on any atom is -0.366 e. The van der Waals surface area contributed by atoms with E-state index in [2.05, 4.69) is 0 Å². The average Bonchev–Trinajstić information content (AvgIpc) is 2.83. The molecule has 2 aromatic carbocycles. The SMILES string of the molecule is C[C@@H]1Cc2cc(C(N)=O)ccc2N1S(=O)(=O)c1ccc(Cl)cc1. The molecule has 2 aromatic rings. The van der Waals surface area contributed by atoms with E-state index in [4.69, 9.17) is 17.3 Å². The second-order valence-corrected chi connectivity index (χ2v) is 7.77. The summed E-state index contributed by atoms with van der Waals surface area (Å²) in [6.07, 6.45) is 0.531. The Labute approximate surface area is 139 Å². The minimum absolute atomic E-state index is 0.181. The number of hydrogen-bond donors (Lipinski definition) is 1. The standard InChI is InChI=1S/C16H15ClN2O3S/c1-10-8-12-9-11(16(18)20)2-7-15(12)19(10)23(21,22)14-5-3-13(17)4-6-14/h2-7,9-10H,8H2,1H3,(H2,18,20)/t10-/m1/s1. The number of anilines is 1. The number of sulfonamides is 1. The van der Waals surface area contributed by atoms with Crippen LogP contribution in [0.3, 0.4) is 0 Å². The summed E-state index contributed by atoms with van der Waals surface area (Å²) >= 11 is 5.83. The quantitative estimate of drug-likeness (QED) is 0.923. The van der Waals surface area contributed by atoms with E-state index in [0.29, 0.717) is 22.7 Å². The van der Waals surface area contributed by atoms with Gasteiger partial charge in [0.15, 0.2) is 0 Å². The average molecular weight is 351 g/mol. The Morgan fingerprint density at radius 2 is 1.87 bits per heavy atom. The summed E-state index contributed by atoms with van der Waals surface area (Å²) < 4.78 is 27.2.